The molecule has 0 saturated carbocycles. The molecule has 0 radical (unpaired) electrons. The lowest BCUT2D eigenvalue weighted by atomic mass is 9.98. The van der Waals surface area contributed by atoms with Crippen LogP contribution in [0.25, 0.3) is 11.1 Å². The van der Waals surface area contributed by atoms with Gasteiger partial charge in [-0.1, -0.05) is 92.4 Å². The van der Waals surface area contributed by atoms with Crippen molar-refractivity contribution in [3.05, 3.63) is 95.1 Å². The molecule has 258 valence electrons. The minimum absolute atomic E-state index is 0.0175. The van der Waals surface area contributed by atoms with E-state index in [0.717, 1.165) is 65.9 Å². The Bertz CT molecular complexity index is 1420. The number of nitrogens with zero attached hydrogens (tertiary/aromatic N) is 1. The molecule has 3 atom stereocenters. The van der Waals surface area contributed by atoms with Crippen LogP contribution in [0.4, 0.5) is 0 Å². The van der Waals surface area contributed by atoms with Gasteiger partial charge in [-0.3, -0.25) is 14.8 Å². The van der Waals surface area contributed by atoms with Gasteiger partial charge in [0.1, 0.15) is 0 Å². The zero-order chi connectivity index (χ0) is 33.6. The van der Waals surface area contributed by atoms with Crippen molar-refractivity contribution < 1.29 is 29.4 Å². The first-order valence-electron chi connectivity index (χ1n) is 17.6. The Morgan fingerprint density at radius 1 is 0.750 bits per heavy atom. The summed E-state index contributed by atoms with van der Waals surface area (Å²) >= 11 is 0. The largest absolute Gasteiger partial charge is 0.392 e. The Kier molecular flexibility index (Phi) is 14.0. The van der Waals surface area contributed by atoms with Crippen molar-refractivity contribution in [1.29, 1.82) is 0 Å². The molecule has 9 heteroatoms. The molecule has 0 aromatic heterocycles. The Labute approximate surface area is 284 Å². The molecule has 48 heavy (non-hydrogen) atoms. The predicted octanol–water partition coefficient (Wildman–Crippen LogP) is 6.73. The monoisotopic (exact) mass is 657 g/mol. The van der Waals surface area contributed by atoms with Crippen molar-refractivity contribution in [2.75, 3.05) is 19.6 Å². The molecular formula is C39H51N3O6. The number of rotatable bonds is 14. The first-order valence-corrected chi connectivity index (χ1v) is 17.6. The third-order valence-corrected chi connectivity index (χ3v) is 9.39. The maximum atomic E-state index is 12.4. The lowest BCUT2D eigenvalue weighted by Crippen LogP contribution is -2.40. The van der Waals surface area contributed by atoms with Gasteiger partial charge >= 0.3 is 0 Å². The number of ether oxygens (including phenoxy) is 2. The number of nitrogens with one attached hydrogen (secondary N) is 2. The Morgan fingerprint density at radius 3 is 2.15 bits per heavy atom. The van der Waals surface area contributed by atoms with Crippen molar-refractivity contribution in [2.45, 2.75) is 102 Å². The van der Waals surface area contributed by atoms with Crippen LogP contribution in [0.15, 0.2) is 72.8 Å². The third-order valence-electron chi connectivity index (χ3n) is 9.39. The molecule has 2 aliphatic rings. The van der Waals surface area contributed by atoms with Crippen molar-refractivity contribution in [3.8, 4) is 11.1 Å². The van der Waals surface area contributed by atoms with Crippen LogP contribution < -0.4 is 10.8 Å². The number of amides is 2. The van der Waals surface area contributed by atoms with Crippen LogP contribution in [-0.2, 0) is 32.2 Å². The van der Waals surface area contributed by atoms with E-state index in [4.69, 9.17) is 14.7 Å². The summed E-state index contributed by atoms with van der Waals surface area (Å²) in [6.45, 7) is 3.60. The van der Waals surface area contributed by atoms with Gasteiger partial charge in [0.05, 0.1) is 18.8 Å². The van der Waals surface area contributed by atoms with Crippen LogP contribution in [0.1, 0.15) is 105 Å². The maximum absolute atomic E-state index is 12.4. The minimum atomic E-state index is -0.483. The highest BCUT2D eigenvalue weighted by atomic mass is 16.7. The van der Waals surface area contributed by atoms with Gasteiger partial charge in [-0.25, -0.2) is 5.48 Å². The molecule has 5 rings (SSSR count). The maximum Gasteiger partial charge on any atom is 0.243 e. The van der Waals surface area contributed by atoms with Crippen molar-refractivity contribution in [1.82, 2.24) is 15.7 Å². The Balaban J connectivity index is 1.20. The molecule has 0 unspecified atom stereocenters. The Morgan fingerprint density at radius 2 is 1.44 bits per heavy atom. The van der Waals surface area contributed by atoms with Gasteiger partial charge in [0, 0.05) is 37.9 Å². The fraction of sp³-hybridized carbons (Fsp3) is 0.487. The summed E-state index contributed by atoms with van der Waals surface area (Å²) < 4.78 is 13.2. The molecule has 0 spiro atoms. The van der Waals surface area contributed by atoms with E-state index in [2.05, 4.69) is 58.7 Å². The van der Waals surface area contributed by atoms with Crippen molar-refractivity contribution in [3.63, 3.8) is 0 Å². The molecular weight excluding hydrogens is 606 g/mol. The van der Waals surface area contributed by atoms with Gasteiger partial charge < -0.3 is 24.8 Å². The topological polar surface area (TPSA) is 120 Å². The van der Waals surface area contributed by atoms with Gasteiger partial charge in [0.2, 0.25) is 11.8 Å². The summed E-state index contributed by atoms with van der Waals surface area (Å²) in [5.41, 5.74) is 7.76. The normalized spacial score (nSPS) is 20.4. The summed E-state index contributed by atoms with van der Waals surface area (Å²) in [5.74, 6) is -0.418. The summed E-state index contributed by atoms with van der Waals surface area (Å²) in [4.78, 5) is 26.0. The van der Waals surface area contributed by atoms with Crippen LogP contribution in [0.5, 0.6) is 0 Å². The molecule has 2 aliphatic heterocycles. The average molecular weight is 658 g/mol. The second-order valence-corrected chi connectivity index (χ2v) is 13.1. The van der Waals surface area contributed by atoms with Gasteiger partial charge in [-0.15, -0.1) is 0 Å². The number of aliphatic hydroxyl groups excluding tert-OH is 1. The van der Waals surface area contributed by atoms with Gasteiger partial charge in [0.25, 0.3) is 0 Å². The number of hydrogen-bond donors (Lipinski definition) is 4. The number of hydrogen-bond acceptors (Lipinski definition) is 7. The van der Waals surface area contributed by atoms with Crippen LogP contribution in [-0.4, -0.2) is 52.8 Å². The Hall–Kier alpha value is -3.60. The summed E-state index contributed by atoms with van der Waals surface area (Å²) in [5, 5.41) is 21.1. The van der Waals surface area contributed by atoms with E-state index in [1.807, 2.05) is 24.3 Å². The molecule has 0 aliphatic carbocycles. The summed E-state index contributed by atoms with van der Waals surface area (Å²) in [6, 6.07) is 24.6. The van der Waals surface area contributed by atoms with Crippen molar-refractivity contribution in [2.24, 2.45) is 0 Å². The minimum Gasteiger partial charge on any atom is -0.392 e. The summed E-state index contributed by atoms with van der Waals surface area (Å²) in [6.07, 6.45) is 9.41. The standard InChI is InChI=1S/C39H51N3O6/c43-28-29-14-16-32(17-15-29)36-25-35(27-42-22-7-2-1-3-8-23-42)47-39(48-36)33-20-18-31(19-21-33)34-11-9-10-30(24-34)26-40-37(44)12-5-4-6-13-38(45)41-46/h9-11,14-21,24,35-36,39,43,46H,1-8,12-13,22-23,25-28H2,(H,40,44)(H,41,45)/t35-,36+,39+/m1/s1. The number of likely N-dealkylation sites (tertiary alicyclic amines) is 1. The average Bonchev–Trinajstić information content (AvgIpc) is 3.11. The highest BCUT2D eigenvalue weighted by molar-refractivity contribution is 5.76. The smallest absolute Gasteiger partial charge is 0.243 e. The van der Waals surface area contributed by atoms with Gasteiger partial charge in [0.15, 0.2) is 6.29 Å². The zero-order valence-electron chi connectivity index (χ0n) is 27.9. The molecule has 4 N–H and O–H groups in total. The highest BCUT2D eigenvalue weighted by Crippen LogP contribution is 2.39. The lowest BCUT2D eigenvalue weighted by molar-refractivity contribution is -0.253. The fourth-order valence-corrected chi connectivity index (χ4v) is 6.60. The molecule has 2 amide bonds. The van der Waals surface area contributed by atoms with E-state index in [1.54, 1.807) is 5.48 Å². The zero-order valence-corrected chi connectivity index (χ0v) is 27.9. The summed E-state index contributed by atoms with van der Waals surface area (Å²) in [7, 11) is 0. The van der Waals surface area contributed by atoms with E-state index in [-0.39, 0.29) is 31.1 Å². The molecule has 3 aromatic rings. The molecule has 3 aromatic carbocycles. The number of carbonyl (C=O) groups is 2. The SMILES string of the molecule is O=C(CCCCCC(=O)NCc1cccc(-c2ccc([C@H]3O[C@@H](CN4CCCCCCC4)C[C@@H](c4ccc(CO)cc4)O3)cc2)c1)NO. The molecule has 9 nitrogen and oxygen atoms in total. The van der Waals surface area contributed by atoms with Gasteiger partial charge in [-0.05, 0) is 72.7 Å². The number of benzene rings is 3. The van der Waals surface area contributed by atoms with E-state index in [0.29, 0.717) is 25.8 Å². The van der Waals surface area contributed by atoms with E-state index in [9.17, 15) is 14.7 Å². The molecule has 0 bridgehead atoms. The predicted molar refractivity (Wildman–Crippen MR) is 185 cm³/mol. The van der Waals surface area contributed by atoms with E-state index >= 15 is 0 Å². The van der Waals surface area contributed by atoms with Gasteiger partial charge in [-0.2, -0.15) is 0 Å². The third kappa shape index (κ3) is 11.0. The quantitative estimate of drug-likeness (QED) is 0.0862. The molecule has 2 saturated heterocycles. The van der Waals surface area contributed by atoms with Crippen molar-refractivity contribution >= 4 is 11.8 Å². The van der Waals surface area contributed by atoms with Crippen LogP contribution in [0.3, 0.4) is 0 Å². The number of aliphatic hydroxyl groups is 1. The number of carbonyl (C=O) groups excluding carboxylic acids is 2. The molecule has 2 heterocycles. The number of unbranched alkanes of at least 4 members (excludes halogenated alkanes) is 2. The van der Waals surface area contributed by atoms with E-state index < -0.39 is 12.2 Å². The van der Waals surface area contributed by atoms with Crippen LogP contribution >= 0.6 is 0 Å². The van der Waals surface area contributed by atoms with Crippen LogP contribution in [0, 0.1) is 0 Å². The first-order chi connectivity index (χ1) is 23.5. The second kappa shape index (κ2) is 18.8. The number of hydroxylamine groups is 1. The fourth-order valence-electron chi connectivity index (χ4n) is 6.60. The highest BCUT2D eigenvalue weighted by Gasteiger charge is 2.33. The van der Waals surface area contributed by atoms with Crippen LogP contribution in [0.2, 0.25) is 0 Å². The second-order valence-electron chi connectivity index (χ2n) is 13.1. The van der Waals surface area contributed by atoms with E-state index in [1.165, 1.54) is 32.1 Å². The first kappa shape index (κ1) is 35.7. The molecule has 2 fully saturated rings. The lowest BCUT2D eigenvalue weighted by Gasteiger charge is -2.38.